The fourth-order valence-corrected chi connectivity index (χ4v) is 0.910. The summed E-state index contributed by atoms with van der Waals surface area (Å²) in [6.07, 6.45) is 3.83. The molecular weight excluding hydrogens is 182 g/mol. The first kappa shape index (κ1) is 13.1. The maximum atomic E-state index is 10.8. The molecule has 0 aromatic heterocycles. The van der Waals surface area contributed by atoms with Crippen LogP contribution in [0.25, 0.3) is 0 Å². The van der Waals surface area contributed by atoms with Crippen LogP contribution in [0.2, 0.25) is 0 Å². The van der Waals surface area contributed by atoms with E-state index in [2.05, 4.69) is 5.32 Å². The van der Waals surface area contributed by atoms with E-state index in [1.807, 2.05) is 6.92 Å². The Balaban J connectivity index is 3.47. The monoisotopic (exact) mass is 201 g/mol. The molecule has 2 N–H and O–H groups in total. The molecule has 0 fully saturated rings. The second kappa shape index (κ2) is 8.72. The summed E-state index contributed by atoms with van der Waals surface area (Å²) in [7, 11) is 0. The Morgan fingerprint density at radius 1 is 1.64 bits per heavy atom. The van der Waals surface area contributed by atoms with Crippen molar-refractivity contribution in [1.82, 2.24) is 5.32 Å². The second-order valence-electron chi connectivity index (χ2n) is 2.98. The summed E-state index contributed by atoms with van der Waals surface area (Å²) in [6, 6.07) is 0.256. The molecule has 0 bridgehead atoms. The highest BCUT2D eigenvalue weighted by Gasteiger charge is 1.97. The molecule has 0 radical (unpaired) electrons. The molecule has 1 unspecified atom stereocenters. The van der Waals surface area contributed by atoms with Gasteiger partial charge in [0.15, 0.2) is 0 Å². The highest BCUT2D eigenvalue weighted by atomic mass is 16.5. The Morgan fingerprint density at radius 3 is 2.93 bits per heavy atom. The molecule has 0 aliphatic carbocycles. The zero-order valence-electron chi connectivity index (χ0n) is 8.82. The maximum absolute atomic E-state index is 10.8. The largest absolute Gasteiger partial charge is 0.463 e. The van der Waals surface area contributed by atoms with Crippen LogP contribution in [0.4, 0.5) is 0 Å². The van der Waals surface area contributed by atoms with Gasteiger partial charge in [0.2, 0.25) is 0 Å². The quantitative estimate of drug-likeness (QED) is 0.464. The molecule has 0 rings (SSSR count). The third-order valence-corrected chi connectivity index (χ3v) is 1.69. The number of aliphatic hydroxyl groups excluding tert-OH is 1. The summed E-state index contributed by atoms with van der Waals surface area (Å²) in [5, 5.41) is 11.7. The lowest BCUT2D eigenvalue weighted by atomic mass is 10.2. The molecule has 82 valence electrons. The number of ether oxygens (including phenoxy) is 1. The average molecular weight is 201 g/mol. The van der Waals surface area contributed by atoms with Crippen LogP contribution < -0.4 is 5.32 Å². The average Bonchev–Trinajstić information content (AvgIpc) is 2.13. The van der Waals surface area contributed by atoms with Gasteiger partial charge in [-0.3, -0.25) is 0 Å². The van der Waals surface area contributed by atoms with Gasteiger partial charge >= 0.3 is 5.97 Å². The predicted molar refractivity (Wildman–Crippen MR) is 54.9 cm³/mol. The van der Waals surface area contributed by atoms with E-state index < -0.39 is 0 Å². The number of carbonyl (C=O) groups is 1. The van der Waals surface area contributed by atoms with Crippen LogP contribution >= 0.6 is 0 Å². The van der Waals surface area contributed by atoms with Crippen molar-refractivity contribution >= 4 is 5.97 Å². The Labute approximate surface area is 85.0 Å². The summed E-state index contributed by atoms with van der Waals surface area (Å²) in [5.74, 6) is -0.316. The molecular formula is C10H19NO3. The summed E-state index contributed by atoms with van der Waals surface area (Å²) in [6.45, 7) is 4.94. The van der Waals surface area contributed by atoms with Crippen molar-refractivity contribution in [1.29, 1.82) is 0 Å². The van der Waals surface area contributed by atoms with Gasteiger partial charge in [0, 0.05) is 25.3 Å². The topological polar surface area (TPSA) is 58.6 Å². The zero-order chi connectivity index (χ0) is 10.8. The van der Waals surface area contributed by atoms with Gasteiger partial charge in [-0.25, -0.2) is 4.79 Å². The van der Waals surface area contributed by atoms with Crippen molar-refractivity contribution in [2.75, 3.05) is 19.8 Å². The maximum Gasteiger partial charge on any atom is 0.330 e. The van der Waals surface area contributed by atoms with Crippen LogP contribution in [0, 0.1) is 0 Å². The van der Waals surface area contributed by atoms with Crippen molar-refractivity contribution in [2.24, 2.45) is 0 Å². The molecule has 0 amide bonds. The van der Waals surface area contributed by atoms with Gasteiger partial charge in [0.1, 0.15) is 0 Å². The summed E-state index contributed by atoms with van der Waals surface area (Å²) >= 11 is 0. The first-order chi connectivity index (χ1) is 6.70. The van der Waals surface area contributed by atoms with Crippen LogP contribution in [0.5, 0.6) is 0 Å². The number of esters is 1. The van der Waals surface area contributed by atoms with E-state index in [4.69, 9.17) is 9.84 Å². The Morgan fingerprint density at radius 2 is 2.36 bits per heavy atom. The number of carbonyl (C=O) groups excluding carboxylic acids is 1. The number of hydrogen-bond acceptors (Lipinski definition) is 4. The van der Waals surface area contributed by atoms with Crippen LogP contribution in [0.3, 0.4) is 0 Å². The van der Waals surface area contributed by atoms with Crippen LogP contribution in [-0.4, -0.2) is 36.9 Å². The number of hydrogen-bond donors (Lipinski definition) is 2. The van der Waals surface area contributed by atoms with E-state index in [0.717, 1.165) is 0 Å². The lowest BCUT2D eigenvalue weighted by Gasteiger charge is -2.09. The van der Waals surface area contributed by atoms with Gasteiger partial charge in [-0.15, -0.1) is 0 Å². The first-order valence-electron chi connectivity index (χ1n) is 4.88. The molecule has 0 saturated heterocycles. The van der Waals surface area contributed by atoms with E-state index in [0.29, 0.717) is 19.6 Å². The second-order valence-corrected chi connectivity index (χ2v) is 2.98. The van der Waals surface area contributed by atoms with Crippen LogP contribution in [-0.2, 0) is 9.53 Å². The van der Waals surface area contributed by atoms with Crippen molar-refractivity contribution in [2.45, 2.75) is 26.3 Å². The minimum Gasteiger partial charge on any atom is -0.463 e. The molecule has 0 aromatic rings. The molecule has 0 saturated carbocycles. The van der Waals surface area contributed by atoms with Crippen molar-refractivity contribution in [3.05, 3.63) is 12.2 Å². The Kier molecular flexibility index (Phi) is 8.17. The highest BCUT2D eigenvalue weighted by molar-refractivity contribution is 5.81. The minimum absolute atomic E-state index is 0.176. The van der Waals surface area contributed by atoms with Crippen LogP contribution in [0.1, 0.15) is 20.3 Å². The molecule has 1 atom stereocenters. The number of nitrogens with one attached hydrogen (secondary N) is 1. The fourth-order valence-electron chi connectivity index (χ4n) is 0.910. The molecule has 0 spiro atoms. The summed E-state index contributed by atoms with van der Waals surface area (Å²) in [4.78, 5) is 10.8. The third kappa shape index (κ3) is 7.76. The zero-order valence-corrected chi connectivity index (χ0v) is 8.82. The van der Waals surface area contributed by atoms with Gasteiger partial charge in [-0.05, 0) is 20.3 Å². The number of aliphatic hydroxyl groups is 1. The molecule has 0 aliphatic rings. The third-order valence-electron chi connectivity index (χ3n) is 1.69. The van der Waals surface area contributed by atoms with E-state index in [-0.39, 0.29) is 18.6 Å². The lowest BCUT2D eigenvalue weighted by molar-refractivity contribution is -0.137. The predicted octanol–water partition coefficient (Wildman–Crippen LogP) is 0.466. The standard InChI is InChI=1S/C10H19NO3/c1-3-14-10(13)5-4-7-11-9(2)6-8-12/h4-5,9,11-12H,3,6-8H2,1-2H3/b5-4+. The molecule has 0 aromatic carbocycles. The minimum atomic E-state index is -0.316. The number of rotatable bonds is 7. The first-order valence-corrected chi connectivity index (χ1v) is 4.88. The highest BCUT2D eigenvalue weighted by Crippen LogP contribution is 1.88. The van der Waals surface area contributed by atoms with Crippen molar-refractivity contribution in [3.8, 4) is 0 Å². The van der Waals surface area contributed by atoms with Crippen molar-refractivity contribution in [3.63, 3.8) is 0 Å². The smallest absolute Gasteiger partial charge is 0.330 e. The SMILES string of the molecule is CCOC(=O)/C=C/CNC(C)CCO. The normalized spacial score (nSPS) is 13.1. The Bertz CT molecular complexity index is 180. The van der Waals surface area contributed by atoms with Gasteiger partial charge in [-0.2, -0.15) is 0 Å². The van der Waals surface area contributed by atoms with E-state index in [9.17, 15) is 4.79 Å². The molecule has 0 heterocycles. The van der Waals surface area contributed by atoms with E-state index >= 15 is 0 Å². The lowest BCUT2D eigenvalue weighted by Crippen LogP contribution is -2.27. The van der Waals surface area contributed by atoms with E-state index in [1.54, 1.807) is 13.0 Å². The van der Waals surface area contributed by atoms with Crippen molar-refractivity contribution < 1.29 is 14.6 Å². The molecule has 14 heavy (non-hydrogen) atoms. The van der Waals surface area contributed by atoms with Crippen LogP contribution in [0.15, 0.2) is 12.2 Å². The van der Waals surface area contributed by atoms with Gasteiger partial charge in [0.05, 0.1) is 6.61 Å². The van der Waals surface area contributed by atoms with Gasteiger partial charge in [-0.1, -0.05) is 6.08 Å². The summed E-state index contributed by atoms with van der Waals surface area (Å²) < 4.78 is 4.70. The fraction of sp³-hybridized carbons (Fsp3) is 0.700. The molecule has 0 aliphatic heterocycles. The van der Waals surface area contributed by atoms with Gasteiger partial charge < -0.3 is 15.2 Å². The molecule has 4 heteroatoms. The van der Waals surface area contributed by atoms with E-state index in [1.165, 1.54) is 6.08 Å². The van der Waals surface area contributed by atoms with Gasteiger partial charge in [0.25, 0.3) is 0 Å². The Hall–Kier alpha value is -0.870. The molecule has 4 nitrogen and oxygen atoms in total. The summed E-state index contributed by atoms with van der Waals surface area (Å²) in [5.41, 5.74) is 0.